The number of pyridine rings is 1. The van der Waals surface area contributed by atoms with Crippen molar-refractivity contribution < 1.29 is 14.7 Å². The van der Waals surface area contributed by atoms with Gasteiger partial charge in [0, 0.05) is 30.9 Å². The summed E-state index contributed by atoms with van der Waals surface area (Å²) < 4.78 is 0. The van der Waals surface area contributed by atoms with E-state index in [0.29, 0.717) is 35.2 Å². The maximum absolute atomic E-state index is 13.2. The van der Waals surface area contributed by atoms with Crippen LogP contribution in [0.3, 0.4) is 0 Å². The molecule has 1 aliphatic carbocycles. The second-order valence-electron chi connectivity index (χ2n) is 8.51. The molecule has 8 nitrogen and oxygen atoms in total. The molecule has 1 saturated carbocycles. The van der Waals surface area contributed by atoms with Gasteiger partial charge in [0.15, 0.2) is 0 Å². The van der Waals surface area contributed by atoms with E-state index in [2.05, 4.69) is 20.3 Å². The van der Waals surface area contributed by atoms with Gasteiger partial charge in [-0.05, 0) is 42.9 Å². The Labute approximate surface area is 183 Å². The van der Waals surface area contributed by atoms with Gasteiger partial charge in [-0.15, -0.1) is 0 Å². The fourth-order valence-electron chi connectivity index (χ4n) is 4.77. The molecule has 2 aliphatic rings. The summed E-state index contributed by atoms with van der Waals surface area (Å²) >= 11 is 5.89. The molecular formula is C22H22ClN5O3. The maximum atomic E-state index is 13.2. The lowest BCUT2D eigenvalue weighted by atomic mass is 9.67. The molecule has 9 heteroatoms. The van der Waals surface area contributed by atoms with Gasteiger partial charge >= 0.3 is 0 Å². The van der Waals surface area contributed by atoms with Gasteiger partial charge in [-0.1, -0.05) is 18.0 Å². The van der Waals surface area contributed by atoms with Crippen molar-refractivity contribution in [1.29, 1.82) is 0 Å². The average Bonchev–Trinajstić information content (AvgIpc) is 3.38. The third kappa shape index (κ3) is 3.50. The van der Waals surface area contributed by atoms with Gasteiger partial charge in [0.1, 0.15) is 11.3 Å². The third-order valence-electron chi connectivity index (χ3n) is 6.56. The molecule has 2 amide bonds. The van der Waals surface area contributed by atoms with Crippen molar-refractivity contribution >= 4 is 34.4 Å². The number of aromatic amines is 1. The number of halogens is 1. The fraction of sp³-hybridized carbons (Fsp3) is 0.364. The van der Waals surface area contributed by atoms with Crippen molar-refractivity contribution in [2.24, 2.45) is 5.41 Å². The van der Waals surface area contributed by atoms with Crippen LogP contribution in [0.2, 0.25) is 5.02 Å². The Morgan fingerprint density at radius 3 is 2.90 bits per heavy atom. The molecule has 1 aromatic carbocycles. The van der Waals surface area contributed by atoms with Gasteiger partial charge in [-0.3, -0.25) is 14.6 Å². The molecule has 1 spiro atoms. The number of carbonyl (C=O) groups excluding carboxylic acids is 2. The van der Waals surface area contributed by atoms with Gasteiger partial charge in [0.2, 0.25) is 0 Å². The first-order valence-corrected chi connectivity index (χ1v) is 10.7. The Balaban J connectivity index is 1.35. The molecule has 3 N–H and O–H groups in total. The van der Waals surface area contributed by atoms with Crippen LogP contribution in [0.5, 0.6) is 5.75 Å². The number of imidazole rings is 1. The van der Waals surface area contributed by atoms with Crippen LogP contribution in [0.25, 0.3) is 11.0 Å². The first kappa shape index (κ1) is 19.8. The third-order valence-corrected chi connectivity index (χ3v) is 6.88. The Bertz CT molecular complexity index is 1170. The van der Waals surface area contributed by atoms with E-state index in [0.717, 1.165) is 25.7 Å². The van der Waals surface area contributed by atoms with Gasteiger partial charge in [0.25, 0.3) is 11.8 Å². The standard InChI is InChI=1S/C22H22ClN5O3/c23-16-3-2-13(6-18(16)29)21(31)28-11-22(4-1-5-22)7-14(28)8-25-20(30)15-9-24-10-17-19(15)27-12-26-17/h2-3,6,9-10,12,14,29H,1,4-5,7-8,11H2,(H,25,30)(H,26,27). The molecule has 2 fully saturated rings. The number of rotatable bonds is 4. The Hall–Kier alpha value is -3.13. The minimum atomic E-state index is -0.267. The Morgan fingerprint density at radius 1 is 1.32 bits per heavy atom. The number of phenols is 1. The molecule has 160 valence electrons. The summed E-state index contributed by atoms with van der Waals surface area (Å²) in [6.45, 7) is 0.999. The lowest BCUT2D eigenvalue weighted by Crippen LogP contribution is -2.43. The summed E-state index contributed by atoms with van der Waals surface area (Å²) in [4.78, 5) is 39.2. The Morgan fingerprint density at radius 2 is 2.16 bits per heavy atom. The van der Waals surface area contributed by atoms with Crippen molar-refractivity contribution in [3.05, 3.63) is 53.1 Å². The number of aromatic hydroxyl groups is 1. The summed E-state index contributed by atoms with van der Waals surface area (Å²) in [6.07, 6.45) is 8.84. The number of hydrogen-bond acceptors (Lipinski definition) is 5. The molecule has 2 aromatic heterocycles. The predicted octanol–water partition coefficient (Wildman–Crippen LogP) is 3.13. The molecule has 0 radical (unpaired) electrons. The summed E-state index contributed by atoms with van der Waals surface area (Å²) in [7, 11) is 0. The molecule has 3 heterocycles. The van der Waals surface area contributed by atoms with Crippen LogP contribution in [-0.2, 0) is 0 Å². The monoisotopic (exact) mass is 439 g/mol. The highest BCUT2D eigenvalue weighted by Gasteiger charge is 2.49. The first-order valence-electron chi connectivity index (χ1n) is 10.3. The number of aromatic nitrogens is 3. The van der Waals surface area contributed by atoms with E-state index in [-0.39, 0.29) is 34.0 Å². The molecule has 1 saturated heterocycles. The van der Waals surface area contributed by atoms with Gasteiger partial charge < -0.3 is 20.3 Å². The highest BCUT2D eigenvalue weighted by molar-refractivity contribution is 6.32. The summed E-state index contributed by atoms with van der Waals surface area (Å²) in [5.74, 6) is -0.545. The number of fused-ring (bicyclic) bond motifs is 1. The predicted molar refractivity (Wildman–Crippen MR) is 115 cm³/mol. The highest BCUT2D eigenvalue weighted by Crippen LogP contribution is 2.50. The van der Waals surface area contributed by atoms with E-state index in [1.807, 2.05) is 4.90 Å². The van der Waals surface area contributed by atoms with Gasteiger partial charge in [-0.2, -0.15) is 0 Å². The number of phenolic OH excluding ortho intramolecular Hbond substituents is 1. The molecule has 1 aliphatic heterocycles. The van der Waals surface area contributed by atoms with Gasteiger partial charge in [-0.25, -0.2) is 4.98 Å². The van der Waals surface area contributed by atoms with E-state index in [9.17, 15) is 14.7 Å². The maximum Gasteiger partial charge on any atom is 0.255 e. The number of carbonyl (C=O) groups is 2. The summed E-state index contributed by atoms with van der Waals surface area (Å²) in [5, 5.41) is 13.1. The van der Waals surface area contributed by atoms with Crippen LogP contribution >= 0.6 is 11.6 Å². The molecule has 5 rings (SSSR count). The number of benzene rings is 1. The number of nitrogens with zero attached hydrogens (tertiary/aromatic N) is 3. The number of hydrogen-bond donors (Lipinski definition) is 3. The molecule has 1 atom stereocenters. The molecule has 1 unspecified atom stereocenters. The quantitative estimate of drug-likeness (QED) is 0.578. The second-order valence-corrected chi connectivity index (χ2v) is 8.91. The van der Waals surface area contributed by atoms with Crippen LogP contribution < -0.4 is 5.32 Å². The average molecular weight is 440 g/mol. The SMILES string of the molecule is O=C(NCC1CC2(CCC2)CN1C(=O)c1ccc(Cl)c(O)c1)c1cncc2[nH]cnc12. The minimum absolute atomic E-state index is 0.116. The second kappa shape index (κ2) is 7.53. The van der Waals surface area contributed by atoms with E-state index in [4.69, 9.17) is 11.6 Å². The fourth-order valence-corrected chi connectivity index (χ4v) is 4.89. The molecule has 0 bridgehead atoms. The van der Waals surface area contributed by atoms with Crippen molar-refractivity contribution in [2.75, 3.05) is 13.1 Å². The van der Waals surface area contributed by atoms with E-state index < -0.39 is 0 Å². The van der Waals surface area contributed by atoms with Crippen LogP contribution in [-0.4, -0.2) is 55.9 Å². The zero-order valence-electron chi connectivity index (χ0n) is 16.8. The smallest absolute Gasteiger partial charge is 0.255 e. The summed E-state index contributed by atoms with van der Waals surface area (Å²) in [5.41, 5.74) is 2.18. The topological polar surface area (TPSA) is 111 Å². The van der Waals surface area contributed by atoms with Crippen molar-refractivity contribution in [1.82, 2.24) is 25.2 Å². The van der Waals surface area contributed by atoms with Crippen LogP contribution in [0.15, 0.2) is 36.9 Å². The minimum Gasteiger partial charge on any atom is -0.506 e. The van der Waals surface area contributed by atoms with Crippen molar-refractivity contribution in [3.8, 4) is 5.75 Å². The summed E-state index contributed by atoms with van der Waals surface area (Å²) in [6, 6.07) is 4.42. The van der Waals surface area contributed by atoms with Crippen LogP contribution in [0.4, 0.5) is 0 Å². The molecular weight excluding hydrogens is 418 g/mol. The molecule has 3 aromatic rings. The number of H-pyrrole nitrogens is 1. The highest BCUT2D eigenvalue weighted by atomic mass is 35.5. The van der Waals surface area contributed by atoms with E-state index in [1.165, 1.54) is 24.7 Å². The largest absolute Gasteiger partial charge is 0.506 e. The number of likely N-dealkylation sites (tertiary alicyclic amines) is 1. The van der Waals surface area contributed by atoms with Crippen LogP contribution in [0, 0.1) is 5.41 Å². The number of amides is 2. The zero-order chi connectivity index (χ0) is 21.6. The zero-order valence-corrected chi connectivity index (χ0v) is 17.5. The van der Waals surface area contributed by atoms with Crippen LogP contribution in [0.1, 0.15) is 46.4 Å². The van der Waals surface area contributed by atoms with E-state index >= 15 is 0 Å². The van der Waals surface area contributed by atoms with Crippen molar-refractivity contribution in [3.63, 3.8) is 0 Å². The van der Waals surface area contributed by atoms with Crippen molar-refractivity contribution in [2.45, 2.75) is 31.7 Å². The van der Waals surface area contributed by atoms with Gasteiger partial charge in [0.05, 0.1) is 28.6 Å². The first-order chi connectivity index (χ1) is 15.0. The number of nitrogens with one attached hydrogen (secondary N) is 2. The lowest BCUT2D eigenvalue weighted by molar-refractivity contribution is 0.0686. The molecule has 31 heavy (non-hydrogen) atoms. The lowest BCUT2D eigenvalue weighted by Gasteiger charge is -2.37. The normalized spacial score (nSPS) is 19.5. The Kier molecular flexibility index (Phi) is 4.81. The van der Waals surface area contributed by atoms with E-state index in [1.54, 1.807) is 12.3 Å².